The lowest BCUT2D eigenvalue weighted by atomic mass is 10.1. The number of carbonyl (C=O) groups excluding carboxylic acids is 2. The number of ether oxygens (including phenoxy) is 2. The first-order chi connectivity index (χ1) is 13.3. The summed E-state index contributed by atoms with van der Waals surface area (Å²) in [6.07, 6.45) is 1.38. The topological polar surface area (TPSA) is 108 Å². The second-order valence-corrected chi connectivity index (χ2v) is 8.25. The standard InChI is InChI=1S/C18H21N3O6S/c1-13-16(11-19-20(13)2)18(23)27-12-17(22)14-3-5-15(6-4-14)28(24,25)21-7-9-26-10-8-21/h3-6,11H,7-10,12H2,1-2H3. The molecule has 0 atom stereocenters. The number of carbonyl (C=O) groups is 2. The molecule has 0 unspecified atom stereocenters. The highest BCUT2D eigenvalue weighted by molar-refractivity contribution is 7.89. The predicted molar refractivity (Wildman–Crippen MR) is 98.6 cm³/mol. The molecule has 0 spiro atoms. The molecule has 1 aromatic heterocycles. The molecule has 0 radical (unpaired) electrons. The number of rotatable bonds is 6. The van der Waals surface area contributed by atoms with Crippen LogP contribution in [0.2, 0.25) is 0 Å². The van der Waals surface area contributed by atoms with Gasteiger partial charge in [0.05, 0.1) is 24.3 Å². The van der Waals surface area contributed by atoms with Crippen LogP contribution < -0.4 is 0 Å². The van der Waals surface area contributed by atoms with E-state index in [1.54, 1.807) is 14.0 Å². The van der Waals surface area contributed by atoms with E-state index < -0.39 is 28.4 Å². The minimum atomic E-state index is -3.62. The lowest BCUT2D eigenvalue weighted by Crippen LogP contribution is -2.40. The van der Waals surface area contributed by atoms with Gasteiger partial charge in [0.2, 0.25) is 10.0 Å². The third-order valence-corrected chi connectivity index (χ3v) is 6.49. The van der Waals surface area contributed by atoms with Gasteiger partial charge in [-0.3, -0.25) is 9.48 Å². The van der Waals surface area contributed by atoms with Gasteiger partial charge in [0.1, 0.15) is 5.56 Å². The van der Waals surface area contributed by atoms with Crippen LogP contribution in [-0.2, 0) is 26.5 Å². The molecule has 150 valence electrons. The lowest BCUT2D eigenvalue weighted by Gasteiger charge is -2.26. The average molecular weight is 407 g/mol. The molecule has 0 N–H and O–H groups in total. The Hall–Kier alpha value is -2.56. The van der Waals surface area contributed by atoms with E-state index in [1.165, 1.54) is 39.4 Å². The largest absolute Gasteiger partial charge is 0.454 e. The molecule has 28 heavy (non-hydrogen) atoms. The van der Waals surface area contributed by atoms with Crippen molar-refractivity contribution in [2.24, 2.45) is 7.05 Å². The zero-order valence-electron chi connectivity index (χ0n) is 15.6. The van der Waals surface area contributed by atoms with Gasteiger partial charge in [-0.15, -0.1) is 0 Å². The van der Waals surface area contributed by atoms with Crippen molar-refractivity contribution < 1.29 is 27.5 Å². The van der Waals surface area contributed by atoms with E-state index in [1.807, 2.05) is 0 Å². The van der Waals surface area contributed by atoms with E-state index in [-0.39, 0.29) is 10.5 Å². The van der Waals surface area contributed by atoms with Gasteiger partial charge in [0, 0.05) is 31.4 Å². The monoisotopic (exact) mass is 407 g/mol. The van der Waals surface area contributed by atoms with Crippen LogP contribution in [0.3, 0.4) is 0 Å². The number of benzene rings is 1. The third kappa shape index (κ3) is 4.13. The second-order valence-electron chi connectivity index (χ2n) is 6.31. The van der Waals surface area contributed by atoms with Crippen LogP contribution in [0.1, 0.15) is 26.4 Å². The number of hydrogen-bond donors (Lipinski definition) is 0. The van der Waals surface area contributed by atoms with Crippen LogP contribution in [0.15, 0.2) is 35.4 Å². The highest BCUT2D eigenvalue weighted by Gasteiger charge is 2.26. The van der Waals surface area contributed by atoms with Gasteiger partial charge in [0.25, 0.3) is 0 Å². The van der Waals surface area contributed by atoms with Gasteiger partial charge in [-0.2, -0.15) is 9.40 Å². The highest BCUT2D eigenvalue weighted by atomic mass is 32.2. The molecule has 1 aromatic carbocycles. The molecule has 9 nitrogen and oxygen atoms in total. The quantitative estimate of drug-likeness (QED) is 0.514. The number of nitrogens with zero attached hydrogens (tertiary/aromatic N) is 3. The van der Waals surface area contributed by atoms with Crippen molar-refractivity contribution in [1.29, 1.82) is 0 Å². The van der Waals surface area contributed by atoms with E-state index in [9.17, 15) is 18.0 Å². The molecule has 0 saturated carbocycles. The van der Waals surface area contributed by atoms with Gasteiger partial charge < -0.3 is 9.47 Å². The number of esters is 1. The summed E-state index contributed by atoms with van der Waals surface area (Å²) in [4.78, 5) is 24.4. The molecule has 1 aliphatic heterocycles. The normalized spacial score (nSPS) is 15.4. The van der Waals surface area contributed by atoms with Gasteiger partial charge >= 0.3 is 5.97 Å². The first kappa shape index (κ1) is 20.2. The maximum Gasteiger partial charge on any atom is 0.342 e. The summed E-state index contributed by atoms with van der Waals surface area (Å²) in [6.45, 7) is 2.59. The maximum atomic E-state index is 12.6. The molecule has 1 fully saturated rings. The van der Waals surface area contributed by atoms with E-state index in [0.29, 0.717) is 37.6 Å². The number of ketones is 1. The Bertz CT molecular complexity index is 975. The molecule has 1 saturated heterocycles. The van der Waals surface area contributed by atoms with Crippen LogP contribution in [0.25, 0.3) is 0 Å². The molecule has 1 aliphatic rings. The molecule has 3 rings (SSSR count). The molecule has 2 aromatic rings. The Kier molecular flexibility index (Phi) is 5.92. The summed E-state index contributed by atoms with van der Waals surface area (Å²) in [5.41, 5.74) is 1.19. The van der Waals surface area contributed by atoms with Crippen LogP contribution >= 0.6 is 0 Å². The van der Waals surface area contributed by atoms with Crippen LogP contribution in [0, 0.1) is 6.92 Å². The summed E-state index contributed by atoms with van der Waals surface area (Å²) in [5, 5.41) is 3.96. The van der Waals surface area contributed by atoms with Crippen LogP contribution in [-0.4, -0.2) is 67.2 Å². The average Bonchev–Trinajstić information content (AvgIpc) is 3.05. The van der Waals surface area contributed by atoms with Crippen LogP contribution in [0.4, 0.5) is 0 Å². The maximum absolute atomic E-state index is 12.6. The summed E-state index contributed by atoms with van der Waals surface area (Å²) >= 11 is 0. The van der Waals surface area contributed by atoms with Crippen molar-refractivity contribution in [1.82, 2.24) is 14.1 Å². The van der Waals surface area contributed by atoms with E-state index in [4.69, 9.17) is 9.47 Å². The van der Waals surface area contributed by atoms with Gasteiger partial charge in [-0.25, -0.2) is 13.2 Å². The summed E-state index contributed by atoms with van der Waals surface area (Å²) in [7, 11) is -1.92. The number of morpholine rings is 1. The number of aromatic nitrogens is 2. The smallest absolute Gasteiger partial charge is 0.342 e. The van der Waals surface area contributed by atoms with Crippen molar-refractivity contribution >= 4 is 21.8 Å². The number of aryl methyl sites for hydroxylation is 1. The number of hydrogen-bond acceptors (Lipinski definition) is 7. The molecule has 0 bridgehead atoms. The fourth-order valence-corrected chi connectivity index (χ4v) is 4.15. The van der Waals surface area contributed by atoms with E-state index in [2.05, 4.69) is 5.10 Å². The van der Waals surface area contributed by atoms with Gasteiger partial charge in [0.15, 0.2) is 12.4 Å². The molecular formula is C18H21N3O6S. The van der Waals surface area contributed by atoms with Crippen molar-refractivity contribution in [2.45, 2.75) is 11.8 Å². The second kappa shape index (κ2) is 8.21. The Labute approximate surface area is 162 Å². The van der Waals surface area contributed by atoms with Crippen LogP contribution in [0.5, 0.6) is 0 Å². The summed E-state index contributed by atoms with van der Waals surface area (Å²) < 4.78 is 38.3. The first-order valence-corrected chi connectivity index (χ1v) is 10.1. The Morgan fingerprint density at radius 3 is 2.39 bits per heavy atom. The van der Waals surface area contributed by atoms with Crippen molar-refractivity contribution in [2.75, 3.05) is 32.9 Å². The zero-order valence-corrected chi connectivity index (χ0v) is 16.4. The fraction of sp³-hybridized carbons (Fsp3) is 0.389. The third-order valence-electron chi connectivity index (χ3n) is 4.57. The Morgan fingerprint density at radius 2 is 1.82 bits per heavy atom. The minimum absolute atomic E-state index is 0.105. The zero-order chi connectivity index (χ0) is 20.3. The predicted octanol–water partition coefficient (Wildman–Crippen LogP) is 0.789. The summed E-state index contributed by atoms with van der Waals surface area (Å²) in [5.74, 6) is -1.06. The molecule has 0 aliphatic carbocycles. The highest BCUT2D eigenvalue weighted by Crippen LogP contribution is 2.18. The Balaban J connectivity index is 1.63. The molecule has 10 heteroatoms. The molecular weight excluding hydrogens is 386 g/mol. The number of Topliss-reactive ketones (excluding diaryl/α,β-unsaturated/α-hetero) is 1. The van der Waals surface area contributed by atoms with Crippen molar-refractivity contribution in [3.8, 4) is 0 Å². The Morgan fingerprint density at radius 1 is 1.18 bits per heavy atom. The van der Waals surface area contributed by atoms with E-state index >= 15 is 0 Å². The minimum Gasteiger partial charge on any atom is -0.454 e. The summed E-state index contributed by atoms with van der Waals surface area (Å²) in [6, 6.07) is 5.59. The number of sulfonamides is 1. The van der Waals surface area contributed by atoms with Gasteiger partial charge in [-0.1, -0.05) is 0 Å². The molecule has 2 heterocycles. The first-order valence-electron chi connectivity index (χ1n) is 8.67. The lowest BCUT2D eigenvalue weighted by molar-refractivity contribution is 0.0474. The van der Waals surface area contributed by atoms with E-state index in [0.717, 1.165) is 0 Å². The van der Waals surface area contributed by atoms with Crippen molar-refractivity contribution in [3.63, 3.8) is 0 Å². The van der Waals surface area contributed by atoms with Gasteiger partial charge in [-0.05, 0) is 31.2 Å². The molecule has 0 amide bonds. The fourth-order valence-electron chi connectivity index (χ4n) is 2.74. The van der Waals surface area contributed by atoms with Crippen molar-refractivity contribution in [3.05, 3.63) is 47.3 Å². The SMILES string of the molecule is Cc1c(C(=O)OCC(=O)c2ccc(S(=O)(=O)N3CCOCC3)cc2)cnn1C.